The second-order valence-electron chi connectivity index (χ2n) is 2.58. The Kier molecular flexibility index (Phi) is 15.9. The summed E-state index contributed by atoms with van der Waals surface area (Å²) >= 11 is 0. The molecule has 0 unspecified atom stereocenters. The van der Waals surface area contributed by atoms with Crippen LogP contribution in [0.25, 0.3) is 0 Å². The first-order chi connectivity index (χ1) is 7.97. The van der Waals surface area contributed by atoms with Crippen LogP contribution in [0.3, 0.4) is 0 Å². The summed E-state index contributed by atoms with van der Waals surface area (Å²) in [5, 5.41) is 16.5. The summed E-state index contributed by atoms with van der Waals surface area (Å²) in [6.45, 7) is 3.29. The molecule has 0 atom stereocenters. The van der Waals surface area contributed by atoms with Crippen LogP contribution in [-0.4, -0.2) is 66.2 Å². The minimum absolute atomic E-state index is 0.0417. The summed E-state index contributed by atoms with van der Waals surface area (Å²) in [6, 6.07) is 0. The molecule has 0 aromatic rings. The number of aliphatic hydroxyl groups excluding tert-OH is 2. The minimum Gasteiger partial charge on any atom is -0.394 e. The molecule has 0 spiro atoms. The van der Waals surface area contributed by atoms with E-state index in [2.05, 4.69) is 4.52 Å². The summed E-state index contributed by atoms with van der Waals surface area (Å²) in [7, 11) is -4.17. The van der Waals surface area contributed by atoms with E-state index >= 15 is 0 Å². The molecule has 0 saturated heterocycles. The van der Waals surface area contributed by atoms with E-state index in [4.69, 9.17) is 29.5 Å². The molecule has 0 fully saturated rings. The van der Waals surface area contributed by atoms with Crippen molar-refractivity contribution in [3.8, 4) is 0 Å². The highest BCUT2D eigenvalue weighted by molar-refractivity contribution is 7.46. The highest BCUT2D eigenvalue weighted by atomic mass is 31.2. The van der Waals surface area contributed by atoms with Crippen molar-refractivity contribution in [2.45, 2.75) is 6.92 Å². The van der Waals surface area contributed by atoms with E-state index < -0.39 is 7.82 Å². The molecule has 0 heterocycles. The molecule has 0 aromatic heterocycles. The lowest BCUT2D eigenvalue weighted by atomic mass is 10.7. The second kappa shape index (κ2) is 14.0. The summed E-state index contributed by atoms with van der Waals surface area (Å²) < 4.78 is 23.3. The molecule has 0 aliphatic rings. The fourth-order valence-electron chi connectivity index (χ4n) is 0.619. The van der Waals surface area contributed by atoms with Crippen molar-refractivity contribution in [1.29, 1.82) is 0 Å². The van der Waals surface area contributed by atoms with E-state index in [0.717, 1.165) is 0 Å². The highest BCUT2D eigenvalue weighted by Crippen LogP contribution is 2.34. The lowest BCUT2D eigenvalue weighted by molar-refractivity contribution is 0.0222. The first-order valence-electron chi connectivity index (χ1n) is 5.05. The summed E-state index contributed by atoms with van der Waals surface area (Å²) in [5.74, 6) is 0. The Morgan fingerprint density at radius 2 is 1.35 bits per heavy atom. The fraction of sp³-hybridized carbons (Fsp3) is 1.00. The van der Waals surface area contributed by atoms with Gasteiger partial charge in [0.1, 0.15) is 0 Å². The van der Waals surface area contributed by atoms with Crippen molar-refractivity contribution in [2.75, 3.05) is 46.2 Å². The molecular formula is C8H21O8P. The van der Waals surface area contributed by atoms with Crippen LogP contribution in [0.5, 0.6) is 0 Å². The van der Waals surface area contributed by atoms with E-state index in [0.29, 0.717) is 26.4 Å². The van der Waals surface area contributed by atoms with Gasteiger partial charge in [-0.2, -0.15) is 0 Å². The first kappa shape index (κ1) is 19.3. The van der Waals surface area contributed by atoms with Crippen molar-refractivity contribution in [1.82, 2.24) is 0 Å². The van der Waals surface area contributed by atoms with Crippen LogP contribution in [0.15, 0.2) is 0 Å². The Morgan fingerprint density at radius 3 is 1.53 bits per heavy atom. The molecule has 0 aliphatic heterocycles. The number of hydrogen-bond acceptors (Lipinski definition) is 6. The molecule has 0 amide bonds. The summed E-state index contributed by atoms with van der Waals surface area (Å²) in [5.41, 5.74) is 0. The Hall–Kier alpha value is -0.0500. The third kappa shape index (κ3) is 25.9. The first-order valence-corrected chi connectivity index (χ1v) is 6.58. The number of hydrogen-bond donors (Lipinski definition) is 4. The maximum Gasteiger partial charge on any atom is 0.469 e. The smallest absolute Gasteiger partial charge is 0.394 e. The molecule has 0 rings (SSSR count). The third-order valence-electron chi connectivity index (χ3n) is 1.14. The number of aliphatic hydroxyl groups is 2. The molecule has 8 nitrogen and oxygen atoms in total. The van der Waals surface area contributed by atoms with Crippen LogP contribution in [0.4, 0.5) is 0 Å². The number of phosphoric acid groups is 1. The zero-order valence-corrected chi connectivity index (χ0v) is 10.7. The van der Waals surface area contributed by atoms with Crippen molar-refractivity contribution < 1.29 is 38.6 Å². The molecule has 4 N–H and O–H groups in total. The molecule has 17 heavy (non-hydrogen) atoms. The van der Waals surface area contributed by atoms with E-state index in [1.165, 1.54) is 6.92 Å². The van der Waals surface area contributed by atoms with Crippen molar-refractivity contribution in [3.05, 3.63) is 0 Å². The molecular weight excluding hydrogens is 255 g/mol. The Bertz CT molecular complexity index is 174. The predicted octanol–water partition coefficient (Wildman–Crippen LogP) is -0.880. The molecule has 106 valence electrons. The van der Waals surface area contributed by atoms with E-state index in [1.54, 1.807) is 0 Å². The van der Waals surface area contributed by atoms with Gasteiger partial charge in [-0.25, -0.2) is 4.57 Å². The zero-order valence-electron chi connectivity index (χ0n) is 9.82. The second-order valence-corrected chi connectivity index (χ2v) is 3.82. The third-order valence-corrected chi connectivity index (χ3v) is 1.74. The van der Waals surface area contributed by atoms with E-state index in [1.807, 2.05) is 0 Å². The van der Waals surface area contributed by atoms with Crippen molar-refractivity contribution >= 4 is 7.82 Å². The van der Waals surface area contributed by atoms with Gasteiger partial charge >= 0.3 is 7.82 Å². The van der Waals surface area contributed by atoms with Gasteiger partial charge in [0.25, 0.3) is 0 Å². The Balaban J connectivity index is 0. The molecule has 0 aromatic carbocycles. The minimum atomic E-state index is -4.17. The fourth-order valence-corrected chi connectivity index (χ4v) is 0.956. The zero-order chi connectivity index (χ0) is 13.6. The van der Waals surface area contributed by atoms with Gasteiger partial charge in [-0.05, 0) is 6.92 Å². The van der Waals surface area contributed by atoms with Gasteiger partial charge in [-0.1, -0.05) is 0 Å². The van der Waals surface area contributed by atoms with Crippen LogP contribution >= 0.6 is 7.82 Å². The molecule has 0 saturated carbocycles. The maximum absolute atomic E-state index is 9.70. The quantitative estimate of drug-likeness (QED) is 0.316. The van der Waals surface area contributed by atoms with Gasteiger partial charge in [0.15, 0.2) is 0 Å². The lowest BCUT2D eigenvalue weighted by Gasteiger charge is -2.01. The van der Waals surface area contributed by atoms with Gasteiger partial charge < -0.3 is 29.5 Å². The number of phosphoric ester groups is 1. The average molecular weight is 276 g/mol. The van der Waals surface area contributed by atoms with Crippen LogP contribution in [0.2, 0.25) is 0 Å². The number of rotatable bonds is 9. The predicted molar refractivity (Wildman–Crippen MR) is 59.5 cm³/mol. The topological polar surface area (TPSA) is 126 Å². The van der Waals surface area contributed by atoms with Crippen LogP contribution in [0, 0.1) is 0 Å². The van der Waals surface area contributed by atoms with Crippen molar-refractivity contribution in [2.24, 2.45) is 0 Å². The summed E-state index contributed by atoms with van der Waals surface area (Å²) in [6.07, 6.45) is 0. The van der Waals surface area contributed by atoms with Gasteiger partial charge in [-0.15, -0.1) is 0 Å². The van der Waals surface area contributed by atoms with Gasteiger partial charge in [0.2, 0.25) is 0 Å². The molecule has 0 bridgehead atoms. The van der Waals surface area contributed by atoms with Crippen molar-refractivity contribution in [3.63, 3.8) is 0 Å². The molecule has 0 aliphatic carbocycles. The highest BCUT2D eigenvalue weighted by Gasteiger charge is 2.10. The van der Waals surface area contributed by atoms with Crippen LogP contribution in [-0.2, 0) is 18.6 Å². The molecule has 0 radical (unpaired) electrons. The summed E-state index contributed by atoms with van der Waals surface area (Å²) in [4.78, 5) is 15.8. The Labute approximate surface area is 100 Å². The van der Waals surface area contributed by atoms with Crippen LogP contribution in [0.1, 0.15) is 6.92 Å². The normalized spacial score (nSPS) is 10.9. The SMILES string of the molecule is CCOP(=O)(O)O.OCCOCCOCCO. The van der Waals surface area contributed by atoms with Crippen LogP contribution < -0.4 is 0 Å². The van der Waals surface area contributed by atoms with Gasteiger partial charge in [0, 0.05) is 0 Å². The van der Waals surface area contributed by atoms with E-state index in [-0.39, 0.29) is 19.8 Å². The van der Waals surface area contributed by atoms with E-state index in [9.17, 15) is 4.57 Å². The monoisotopic (exact) mass is 276 g/mol. The lowest BCUT2D eigenvalue weighted by Crippen LogP contribution is -2.09. The van der Waals surface area contributed by atoms with Gasteiger partial charge in [-0.3, -0.25) is 4.52 Å². The largest absolute Gasteiger partial charge is 0.469 e. The number of ether oxygens (including phenoxy) is 2. The molecule has 9 heteroatoms. The maximum atomic E-state index is 9.70. The average Bonchev–Trinajstić information content (AvgIpc) is 2.22. The van der Waals surface area contributed by atoms with Gasteiger partial charge in [0.05, 0.1) is 46.2 Å². The Morgan fingerprint density at radius 1 is 0.941 bits per heavy atom. The standard InChI is InChI=1S/C6H14O4.C2H7O4P/c7-1-3-9-5-6-10-4-2-8;1-2-6-7(3,4)5/h7-8H,1-6H2;2H2,1H3,(H2,3,4,5).